The second-order valence-corrected chi connectivity index (χ2v) is 4.29. The number of carbonyl (C=O) groups is 1. The lowest BCUT2D eigenvalue weighted by molar-refractivity contribution is -0.116. The quantitative estimate of drug-likeness (QED) is 0.463. The van der Waals surface area contributed by atoms with E-state index in [2.05, 4.69) is 29.4 Å². The Morgan fingerprint density at radius 2 is 2.00 bits per heavy atom. The highest BCUT2D eigenvalue weighted by Crippen LogP contribution is 2.10. The molecular formula is C16H22N2O. The summed E-state index contributed by atoms with van der Waals surface area (Å²) in [5, 5.41) is 2.86. The van der Waals surface area contributed by atoms with Crippen molar-refractivity contribution in [3.05, 3.63) is 54.6 Å². The molecule has 3 heteroatoms. The van der Waals surface area contributed by atoms with Crippen LogP contribution >= 0.6 is 0 Å². The van der Waals surface area contributed by atoms with Crippen molar-refractivity contribution < 1.29 is 4.79 Å². The first-order valence-electron chi connectivity index (χ1n) is 6.57. The van der Waals surface area contributed by atoms with E-state index in [0.717, 1.165) is 13.0 Å². The molecule has 102 valence electrons. The fraction of sp³-hybridized carbons (Fsp3) is 0.312. The number of rotatable bonds is 7. The van der Waals surface area contributed by atoms with Gasteiger partial charge in [-0.15, -0.1) is 0 Å². The van der Waals surface area contributed by atoms with Gasteiger partial charge in [0.2, 0.25) is 5.91 Å². The molecule has 0 saturated heterocycles. The highest BCUT2D eigenvalue weighted by Gasteiger charge is 1.99. The molecule has 1 amide bonds. The number of amides is 1. The third-order valence-electron chi connectivity index (χ3n) is 2.72. The van der Waals surface area contributed by atoms with E-state index in [-0.39, 0.29) is 5.91 Å². The molecule has 0 heterocycles. The van der Waals surface area contributed by atoms with Gasteiger partial charge in [0.25, 0.3) is 0 Å². The zero-order valence-corrected chi connectivity index (χ0v) is 11.7. The average Bonchev–Trinajstić information content (AvgIpc) is 2.44. The number of nitrogens with zero attached hydrogens (tertiary/aromatic N) is 1. The largest absolute Gasteiger partial charge is 0.375 e. The fourth-order valence-electron chi connectivity index (χ4n) is 1.65. The molecule has 1 rings (SSSR count). The Labute approximate surface area is 115 Å². The van der Waals surface area contributed by atoms with E-state index in [9.17, 15) is 4.79 Å². The predicted octanol–water partition coefficient (Wildman–Crippen LogP) is 2.76. The van der Waals surface area contributed by atoms with Crippen LogP contribution in [0.3, 0.4) is 0 Å². The van der Waals surface area contributed by atoms with Crippen molar-refractivity contribution in [2.75, 3.05) is 25.0 Å². The van der Waals surface area contributed by atoms with Crippen LogP contribution in [0.1, 0.15) is 13.3 Å². The summed E-state index contributed by atoms with van der Waals surface area (Å²) in [6.07, 6.45) is 7.93. The van der Waals surface area contributed by atoms with E-state index < -0.39 is 0 Å². The standard InChI is InChI=1S/C16H22N2O/c1-3-4-6-12-16(19)17-13-9-14-18(2)15-10-7-5-8-11-15/h3-8,10-12H,9,13-14H2,1-2H3,(H,17,19)/b4-3+,12-6+. The average molecular weight is 258 g/mol. The second-order valence-electron chi connectivity index (χ2n) is 4.29. The summed E-state index contributed by atoms with van der Waals surface area (Å²) >= 11 is 0. The smallest absolute Gasteiger partial charge is 0.243 e. The van der Waals surface area contributed by atoms with Crippen LogP contribution in [0.5, 0.6) is 0 Å². The SMILES string of the molecule is C/C=C/C=C/C(=O)NCCCN(C)c1ccccc1. The molecule has 0 aliphatic heterocycles. The Bertz CT molecular complexity index is 424. The molecule has 0 aliphatic rings. The van der Waals surface area contributed by atoms with Gasteiger partial charge in [0.15, 0.2) is 0 Å². The summed E-state index contributed by atoms with van der Waals surface area (Å²) in [4.78, 5) is 13.6. The Balaban J connectivity index is 2.19. The lowest BCUT2D eigenvalue weighted by Gasteiger charge is -2.18. The van der Waals surface area contributed by atoms with Crippen LogP contribution in [0.4, 0.5) is 5.69 Å². The third kappa shape index (κ3) is 6.46. The first-order chi connectivity index (χ1) is 9.24. The van der Waals surface area contributed by atoms with E-state index in [1.165, 1.54) is 5.69 Å². The van der Waals surface area contributed by atoms with Gasteiger partial charge in [-0.05, 0) is 25.5 Å². The highest BCUT2D eigenvalue weighted by atomic mass is 16.1. The van der Waals surface area contributed by atoms with Crippen LogP contribution < -0.4 is 10.2 Å². The van der Waals surface area contributed by atoms with Crippen LogP contribution in [-0.4, -0.2) is 26.0 Å². The number of carbonyl (C=O) groups excluding carboxylic acids is 1. The summed E-state index contributed by atoms with van der Waals surface area (Å²) in [5.41, 5.74) is 1.20. The molecule has 3 nitrogen and oxygen atoms in total. The van der Waals surface area contributed by atoms with Crippen molar-refractivity contribution in [2.24, 2.45) is 0 Å². The minimum atomic E-state index is -0.0412. The third-order valence-corrected chi connectivity index (χ3v) is 2.72. The van der Waals surface area contributed by atoms with Crippen LogP contribution in [0.15, 0.2) is 54.6 Å². The molecular weight excluding hydrogens is 236 g/mol. The number of hydrogen-bond donors (Lipinski definition) is 1. The number of allylic oxidation sites excluding steroid dienone is 3. The van der Waals surface area contributed by atoms with Crippen molar-refractivity contribution in [1.29, 1.82) is 0 Å². The molecule has 0 spiro atoms. The molecule has 0 unspecified atom stereocenters. The molecule has 0 radical (unpaired) electrons. The number of anilines is 1. The van der Waals surface area contributed by atoms with Gasteiger partial charge in [-0.25, -0.2) is 0 Å². The van der Waals surface area contributed by atoms with Gasteiger partial charge in [0.1, 0.15) is 0 Å². The summed E-state index contributed by atoms with van der Waals surface area (Å²) in [5.74, 6) is -0.0412. The highest BCUT2D eigenvalue weighted by molar-refractivity contribution is 5.87. The molecule has 1 aromatic carbocycles. The van der Waals surface area contributed by atoms with Crippen LogP contribution in [0, 0.1) is 0 Å². The maximum Gasteiger partial charge on any atom is 0.243 e. The Morgan fingerprint density at radius 1 is 1.26 bits per heavy atom. The first-order valence-corrected chi connectivity index (χ1v) is 6.57. The molecule has 1 N–H and O–H groups in total. The molecule has 0 bridgehead atoms. The van der Waals surface area contributed by atoms with Crippen molar-refractivity contribution in [3.63, 3.8) is 0 Å². The zero-order valence-electron chi connectivity index (χ0n) is 11.7. The zero-order chi connectivity index (χ0) is 13.9. The second kappa shape index (κ2) is 8.97. The van der Waals surface area contributed by atoms with Crippen LogP contribution in [-0.2, 0) is 4.79 Å². The van der Waals surface area contributed by atoms with Gasteiger partial charge in [0.05, 0.1) is 0 Å². The Morgan fingerprint density at radius 3 is 2.68 bits per heavy atom. The van der Waals surface area contributed by atoms with Gasteiger partial charge in [-0.2, -0.15) is 0 Å². The van der Waals surface area contributed by atoms with Gasteiger partial charge in [0, 0.05) is 31.9 Å². The van der Waals surface area contributed by atoms with Crippen molar-refractivity contribution >= 4 is 11.6 Å². The monoisotopic (exact) mass is 258 g/mol. The van der Waals surface area contributed by atoms with Gasteiger partial charge >= 0.3 is 0 Å². The van der Waals surface area contributed by atoms with Crippen LogP contribution in [0.2, 0.25) is 0 Å². The minimum absolute atomic E-state index is 0.0412. The van der Waals surface area contributed by atoms with E-state index in [1.54, 1.807) is 12.2 Å². The molecule has 19 heavy (non-hydrogen) atoms. The minimum Gasteiger partial charge on any atom is -0.375 e. The van der Waals surface area contributed by atoms with Crippen molar-refractivity contribution in [1.82, 2.24) is 5.32 Å². The van der Waals surface area contributed by atoms with Crippen molar-refractivity contribution in [2.45, 2.75) is 13.3 Å². The predicted molar refractivity (Wildman–Crippen MR) is 81.3 cm³/mol. The van der Waals surface area contributed by atoms with Gasteiger partial charge in [-0.3, -0.25) is 4.79 Å². The fourth-order valence-corrected chi connectivity index (χ4v) is 1.65. The topological polar surface area (TPSA) is 32.3 Å². The summed E-state index contributed by atoms with van der Waals surface area (Å²) < 4.78 is 0. The van der Waals surface area contributed by atoms with Crippen molar-refractivity contribution in [3.8, 4) is 0 Å². The lowest BCUT2D eigenvalue weighted by atomic mass is 10.3. The van der Waals surface area contributed by atoms with Gasteiger partial charge in [-0.1, -0.05) is 36.4 Å². The molecule has 0 atom stereocenters. The summed E-state index contributed by atoms with van der Waals surface area (Å²) in [6, 6.07) is 10.2. The normalized spacial score (nSPS) is 11.1. The Hall–Kier alpha value is -2.03. The summed E-state index contributed by atoms with van der Waals surface area (Å²) in [7, 11) is 2.06. The number of benzene rings is 1. The lowest BCUT2D eigenvalue weighted by Crippen LogP contribution is -2.26. The number of nitrogens with one attached hydrogen (secondary N) is 1. The molecule has 0 fully saturated rings. The molecule has 0 saturated carbocycles. The summed E-state index contributed by atoms with van der Waals surface area (Å²) in [6.45, 7) is 3.53. The Kier molecular flexibility index (Phi) is 7.10. The maximum atomic E-state index is 11.4. The molecule has 0 aromatic heterocycles. The van der Waals surface area contributed by atoms with Gasteiger partial charge < -0.3 is 10.2 Å². The number of hydrogen-bond acceptors (Lipinski definition) is 2. The number of para-hydroxylation sites is 1. The van der Waals surface area contributed by atoms with E-state index in [4.69, 9.17) is 0 Å². The molecule has 0 aliphatic carbocycles. The van der Waals surface area contributed by atoms with E-state index >= 15 is 0 Å². The van der Waals surface area contributed by atoms with E-state index in [1.807, 2.05) is 37.3 Å². The van der Waals surface area contributed by atoms with E-state index in [0.29, 0.717) is 6.54 Å². The maximum absolute atomic E-state index is 11.4. The molecule has 1 aromatic rings. The first kappa shape index (κ1) is 15.0. The van der Waals surface area contributed by atoms with Crippen LogP contribution in [0.25, 0.3) is 0 Å².